The summed E-state index contributed by atoms with van der Waals surface area (Å²) in [4.78, 5) is 39.2. The minimum atomic E-state index is -0.190. The molecule has 1 N–H and O–H groups in total. The first-order valence-corrected chi connectivity index (χ1v) is 9.78. The molecule has 154 valence electrons. The first-order chi connectivity index (χ1) is 13.9. The Hall–Kier alpha value is -3.00. The summed E-state index contributed by atoms with van der Waals surface area (Å²) in [7, 11) is 1.67. The number of aryl methyl sites for hydroxylation is 2. The molecule has 0 unspecified atom stereocenters. The van der Waals surface area contributed by atoms with Crippen molar-refractivity contribution in [2.24, 2.45) is 0 Å². The molecule has 0 atom stereocenters. The number of benzene rings is 1. The van der Waals surface area contributed by atoms with Crippen LogP contribution in [0.4, 0.5) is 11.6 Å². The molecule has 0 bridgehead atoms. The Kier molecular flexibility index (Phi) is 6.77. The van der Waals surface area contributed by atoms with E-state index in [1.807, 2.05) is 32.0 Å². The molecule has 1 aliphatic rings. The highest BCUT2D eigenvalue weighted by Gasteiger charge is 2.22. The summed E-state index contributed by atoms with van der Waals surface area (Å²) in [5.41, 5.74) is 2.83. The zero-order chi connectivity index (χ0) is 20.8. The molecule has 1 aliphatic heterocycles. The molecule has 2 heterocycles. The Balaban J connectivity index is 1.45. The molecule has 0 spiro atoms. The van der Waals surface area contributed by atoms with E-state index in [4.69, 9.17) is 0 Å². The van der Waals surface area contributed by atoms with Gasteiger partial charge >= 0.3 is 0 Å². The molecule has 1 aromatic heterocycles. The van der Waals surface area contributed by atoms with Crippen molar-refractivity contribution in [1.29, 1.82) is 0 Å². The Labute approximate surface area is 171 Å². The van der Waals surface area contributed by atoms with Gasteiger partial charge in [-0.3, -0.25) is 14.5 Å². The molecule has 1 saturated heterocycles. The van der Waals surface area contributed by atoms with Crippen LogP contribution in [-0.4, -0.2) is 77.9 Å². The second kappa shape index (κ2) is 9.47. The number of amides is 2. The zero-order valence-electron chi connectivity index (χ0n) is 17.3. The third kappa shape index (κ3) is 5.51. The van der Waals surface area contributed by atoms with E-state index in [1.165, 1.54) is 4.90 Å². The number of piperazine rings is 1. The molecule has 2 amide bonds. The molecule has 2 aromatic rings. The number of para-hydroxylation sites is 1. The monoisotopic (exact) mass is 396 g/mol. The quantitative estimate of drug-likeness (QED) is 0.793. The van der Waals surface area contributed by atoms with Crippen LogP contribution in [0.3, 0.4) is 0 Å². The summed E-state index contributed by atoms with van der Waals surface area (Å²) in [5.74, 6) is 0.467. The van der Waals surface area contributed by atoms with Gasteiger partial charge in [-0.2, -0.15) is 0 Å². The lowest BCUT2D eigenvalue weighted by atomic mass is 10.1. The van der Waals surface area contributed by atoms with Crippen molar-refractivity contribution in [1.82, 2.24) is 19.8 Å². The molecule has 8 heteroatoms. The normalized spacial score (nSPS) is 14.5. The van der Waals surface area contributed by atoms with Gasteiger partial charge in [0, 0.05) is 51.3 Å². The number of likely N-dealkylation sites (N-methyl/N-ethyl adjacent to an activating group) is 1. The van der Waals surface area contributed by atoms with Gasteiger partial charge in [0.2, 0.25) is 17.8 Å². The van der Waals surface area contributed by atoms with Gasteiger partial charge in [-0.05, 0) is 31.0 Å². The minimum absolute atomic E-state index is 0.0322. The van der Waals surface area contributed by atoms with Crippen LogP contribution in [0.2, 0.25) is 0 Å². The van der Waals surface area contributed by atoms with Crippen LogP contribution < -0.4 is 10.2 Å². The Morgan fingerprint density at radius 2 is 1.66 bits per heavy atom. The fourth-order valence-electron chi connectivity index (χ4n) is 3.37. The van der Waals surface area contributed by atoms with Gasteiger partial charge in [-0.1, -0.05) is 18.2 Å². The number of nitrogens with one attached hydrogen (secondary N) is 1. The van der Waals surface area contributed by atoms with Crippen molar-refractivity contribution in [3.8, 4) is 0 Å². The SMILES string of the molecule is Cc1cccc(C)c1NC(=O)CN(C)C(=O)CN1CCN(c2ncccn2)CC1. The average molecular weight is 396 g/mol. The van der Waals surface area contributed by atoms with Gasteiger partial charge in [0.25, 0.3) is 0 Å². The number of carbonyl (C=O) groups is 2. The molecule has 8 nitrogen and oxygen atoms in total. The van der Waals surface area contributed by atoms with E-state index >= 15 is 0 Å². The van der Waals surface area contributed by atoms with E-state index in [1.54, 1.807) is 25.5 Å². The van der Waals surface area contributed by atoms with Gasteiger partial charge < -0.3 is 15.1 Å². The third-order valence-electron chi connectivity index (χ3n) is 5.12. The smallest absolute Gasteiger partial charge is 0.243 e. The van der Waals surface area contributed by atoms with Gasteiger partial charge in [-0.25, -0.2) is 9.97 Å². The van der Waals surface area contributed by atoms with E-state index in [0.29, 0.717) is 6.54 Å². The zero-order valence-corrected chi connectivity index (χ0v) is 17.3. The predicted octanol–water partition coefficient (Wildman–Crippen LogP) is 1.31. The average Bonchev–Trinajstić information content (AvgIpc) is 2.72. The van der Waals surface area contributed by atoms with Crippen LogP contribution in [0.15, 0.2) is 36.7 Å². The van der Waals surface area contributed by atoms with E-state index in [2.05, 4.69) is 25.1 Å². The summed E-state index contributed by atoms with van der Waals surface area (Å²) in [6.07, 6.45) is 3.47. The number of aromatic nitrogens is 2. The summed E-state index contributed by atoms with van der Waals surface area (Å²) in [6, 6.07) is 7.67. The van der Waals surface area contributed by atoms with Crippen LogP contribution >= 0.6 is 0 Å². The largest absolute Gasteiger partial charge is 0.338 e. The first-order valence-electron chi connectivity index (χ1n) is 9.78. The second-order valence-corrected chi connectivity index (χ2v) is 7.38. The van der Waals surface area contributed by atoms with Crippen molar-refractivity contribution in [2.75, 3.05) is 56.5 Å². The topological polar surface area (TPSA) is 81.7 Å². The van der Waals surface area contributed by atoms with Gasteiger partial charge in [-0.15, -0.1) is 0 Å². The maximum atomic E-state index is 12.6. The Bertz CT molecular complexity index is 829. The highest BCUT2D eigenvalue weighted by atomic mass is 16.2. The second-order valence-electron chi connectivity index (χ2n) is 7.38. The molecular formula is C21H28N6O2. The Morgan fingerprint density at radius 3 is 2.28 bits per heavy atom. The predicted molar refractivity (Wildman–Crippen MR) is 113 cm³/mol. The molecule has 29 heavy (non-hydrogen) atoms. The molecule has 0 aliphatic carbocycles. The highest BCUT2D eigenvalue weighted by molar-refractivity contribution is 5.95. The van der Waals surface area contributed by atoms with Crippen LogP contribution in [0.25, 0.3) is 0 Å². The number of hydrogen-bond donors (Lipinski definition) is 1. The van der Waals surface area contributed by atoms with E-state index in [9.17, 15) is 9.59 Å². The number of hydrogen-bond acceptors (Lipinski definition) is 6. The Morgan fingerprint density at radius 1 is 1.03 bits per heavy atom. The summed E-state index contributed by atoms with van der Waals surface area (Å²) in [5, 5.41) is 2.92. The molecular weight excluding hydrogens is 368 g/mol. The molecule has 1 aromatic carbocycles. The highest BCUT2D eigenvalue weighted by Crippen LogP contribution is 2.19. The lowest BCUT2D eigenvalue weighted by molar-refractivity contribution is -0.134. The molecule has 3 rings (SSSR count). The van der Waals surface area contributed by atoms with Gasteiger partial charge in [0.05, 0.1) is 13.1 Å². The van der Waals surface area contributed by atoms with E-state index in [-0.39, 0.29) is 18.4 Å². The molecule has 0 radical (unpaired) electrons. The van der Waals surface area contributed by atoms with Crippen molar-refractivity contribution in [3.05, 3.63) is 47.8 Å². The van der Waals surface area contributed by atoms with E-state index < -0.39 is 0 Å². The fourth-order valence-corrected chi connectivity index (χ4v) is 3.37. The maximum Gasteiger partial charge on any atom is 0.243 e. The van der Waals surface area contributed by atoms with Crippen molar-refractivity contribution >= 4 is 23.5 Å². The number of carbonyl (C=O) groups excluding carboxylic acids is 2. The molecule has 0 saturated carbocycles. The maximum absolute atomic E-state index is 12.6. The fraction of sp³-hybridized carbons (Fsp3) is 0.429. The lowest BCUT2D eigenvalue weighted by Gasteiger charge is -2.34. The summed E-state index contributed by atoms with van der Waals surface area (Å²) >= 11 is 0. The van der Waals surface area contributed by atoms with Crippen LogP contribution in [0.1, 0.15) is 11.1 Å². The third-order valence-corrected chi connectivity index (χ3v) is 5.12. The first kappa shape index (κ1) is 20.7. The standard InChI is InChI=1S/C21H28N6O2/c1-16-6-4-7-17(2)20(16)24-18(28)14-25(3)19(29)15-26-10-12-27(13-11-26)21-22-8-5-9-23-21/h4-9H,10-15H2,1-3H3,(H,24,28). The lowest BCUT2D eigenvalue weighted by Crippen LogP contribution is -2.50. The minimum Gasteiger partial charge on any atom is -0.338 e. The van der Waals surface area contributed by atoms with Gasteiger partial charge in [0.1, 0.15) is 0 Å². The van der Waals surface area contributed by atoms with Crippen LogP contribution in [-0.2, 0) is 9.59 Å². The van der Waals surface area contributed by atoms with Crippen molar-refractivity contribution in [2.45, 2.75) is 13.8 Å². The van der Waals surface area contributed by atoms with E-state index in [0.717, 1.165) is 48.9 Å². The molecule has 1 fully saturated rings. The summed E-state index contributed by atoms with van der Waals surface area (Å²) < 4.78 is 0. The van der Waals surface area contributed by atoms with Crippen molar-refractivity contribution < 1.29 is 9.59 Å². The number of anilines is 2. The number of nitrogens with zero attached hydrogens (tertiary/aromatic N) is 5. The number of rotatable bonds is 6. The van der Waals surface area contributed by atoms with Crippen LogP contribution in [0, 0.1) is 13.8 Å². The summed E-state index contributed by atoms with van der Waals surface area (Å²) in [6.45, 7) is 7.30. The van der Waals surface area contributed by atoms with Gasteiger partial charge in [0.15, 0.2) is 0 Å². The van der Waals surface area contributed by atoms with Crippen LogP contribution in [0.5, 0.6) is 0 Å². The van der Waals surface area contributed by atoms with Crippen molar-refractivity contribution in [3.63, 3.8) is 0 Å².